The number of thioether (sulfide) groups is 1. The first kappa shape index (κ1) is 15.2. The average molecular weight is 289 g/mol. The lowest BCUT2D eigenvalue weighted by Crippen LogP contribution is -2.09. The fourth-order valence-electron chi connectivity index (χ4n) is 1.37. The molecule has 0 amide bonds. The molecule has 6 heteroatoms. The number of sulfone groups is 1. The van der Waals surface area contributed by atoms with Gasteiger partial charge in [0, 0.05) is 16.3 Å². The molecule has 1 aromatic carbocycles. The van der Waals surface area contributed by atoms with Crippen molar-refractivity contribution in [2.75, 3.05) is 30.1 Å². The van der Waals surface area contributed by atoms with E-state index < -0.39 is 9.84 Å². The lowest BCUT2D eigenvalue weighted by molar-refractivity contribution is 0.414. The monoisotopic (exact) mass is 289 g/mol. The second-order valence-electron chi connectivity index (χ2n) is 3.84. The SMILES string of the molecule is CCS(=O)(=O)CCCSc1cc(OC)ccc1N. The van der Waals surface area contributed by atoms with Crippen LogP contribution in [-0.2, 0) is 9.84 Å². The Balaban J connectivity index is 2.49. The van der Waals surface area contributed by atoms with Crippen LogP contribution in [0.1, 0.15) is 13.3 Å². The Labute approximate surface area is 113 Å². The Kier molecular flexibility index (Phi) is 5.81. The quantitative estimate of drug-likeness (QED) is 0.473. The zero-order valence-corrected chi connectivity index (χ0v) is 12.3. The van der Waals surface area contributed by atoms with E-state index in [1.807, 2.05) is 6.07 Å². The molecule has 102 valence electrons. The molecule has 0 aliphatic heterocycles. The molecule has 0 bridgehead atoms. The highest BCUT2D eigenvalue weighted by Crippen LogP contribution is 2.29. The fraction of sp³-hybridized carbons (Fsp3) is 0.500. The second-order valence-corrected chi connectivity index (χ2v) is 7.45. The minimum Gasteiger partial charge on any atom is -0.497 e. The maximum absolute atomic E-state index is 11.3. The molecule has 1 rings (SSSR count). The zero-order valence-electron chi connectivity index (χ0n) is 10.7. The molecular weight excluding hydrogens is 270 g/mol. The van der Waals surface area contributed by atoms with Crippen molar-refractivity contribution in [3.63, 3.8) is 0 Å². The summed E-state index contributed by atoms with van der Waals surface area (Å²) in [6, 6.07) is 5.47. The van der Waals surface area contributed by atoms with E-state index in [9.17, 15) is 8.42 Å². The Morgan fingerprint density at radius 2 is 2.11 bits per heavy atom. The summed E-state index contributed by atoms with van der Waals surface area (Å²) in [6.45, 7) is 1.67. The number of methoxy groups -OCH3 is 1. The van der Waals surface area contributed by atoms with Crippen molar-refractivity contribution in [2.45, 2.75) is 18.2 Å². The summed E-state index contributed by atoms with van der Waals surface area (Å²) in [5.74, 6) is 1.93. The first-order chi connectivity index (χ1) is 8.48. The van der Waals surface area contributed by atoms with Crippen LogP contribution in [0.4, 0.5) is 5.69 Å². The highest BCUT2D eigenvalue weighted by Gasteiger charge is 2.07. The predicted octanol–water partition coefficient (Wildman–Crippen LogP) is 2.19. The standard InChI is InChI=1S/C12H19NO3S2/c1-3-18(14,15)8-4-7-17-12-9-10(16-2)5-6-11(12)13/h5-6,9H,3-4,7-8,13H2,1-2H3. The number of hydrogen-bond donors (Lipinski definition) is 1. The molecule has 0 fully saturated rings. The van der Waals surface area contributed by atoms with Crippen LogP contribution in [0.2, 0.25) is 0 Å². The minimum atomic E-state index is -2.87. The molecule has 0 atom stereocenters. The third kappa shape index (κ3) is 4.78. The van der Waals surface area contributed by atoms with Gasteiger partial charge in [-0.25, -0.2) is 8.42 Å². The molecule has 2 N–H and O–H groups in total. The largest absolute Gasteiger partial charge is 0.497 e. The van der Waals surface area contributed by atoms with Crippen molar-refractivity contribution >= 4 is 27.3 Å². The highest BCUT2D eigenvalue weighted by molar-refractivity contribution is 7.99. The molecule has 0 heterocycles. The van der Waals surface area contributed by atoms with Crippen molar-refractivity contribution in [1.82, 2.24) is 0 Å². The Morgan fingerprint density at radius 3 is 2.72 bits per heavy atom. The topological polar surface area (TPSA) is 69.4 Å². The van der Waals surface area contributed by atoms with E-state index >= 15 is 0 Å². The smallest absolute Gasteiger partial charge is 0.150 e. The summed E-state index contributed by atoms with van der Waals surface area (Å²) in [6.07, 6.45) is 0.636. The van der Waals surface area contributed by atoms with Crippen LogP contribution in [-0.4, -0.2) is 32.8 Å². The van der Waals surface area contributed by atoms with Gasteiger partial charge in [-0.1, -0.05) is 6.92 Å². The van der Waals surface area contributed by atoms with Gasteiger partial charge in [0.05, 0.1) is 12.9 Å². The van der Waals surface area contributed by atoms with Crippen LogP contribution in [0.25, 0.3) is 0 Å². The number of nitrogens with two attached hydrogens (primary N) is 1. The average Bonchev–Trinajstić information content (AvgIpc) is 2.36. The molecule has 0 saturated carbocycles. The van der Waals surface area contributed by atoms with E-state index in [2.05, 4.69) is 0 Å². The third-order valence-corrected chi connectivity index (χ3v) is 5.47. The molecule has 4 nitrogen and oxygen atoms in total. The third-order valence-electron chi connectivity index (χ3n) is 2.52. The predicted molar refractivity (Wildman–Crippen MR) is 77.1 cm³/mol. The fourth-order valence-corrected chi connectivity index (χ4v) is 3.37. The van der Waals surface area contributed by atoms with Crippen molar-refractivity contribution in [3.05, 3.63) is 18.2 Å². The summed E-state index contributed by atoms with van der Waals surface area (Å²) in [4.78, 5) is 0.934. The molecule has 0 aliphatic rings. The summed E-state index contributed by atoms with van der Waals surface area (Å²) < 4.78 is 27.8. The lowest BCUT2D eigenvalue weighted by atomic mass is 10.3. The molecule has 0 aromatic heterocycles. The first-order valence-corrected chi connectivity index (χ1v) is 8.56. The van der Waals surface area contributed by atoms with Crippen LogP contribution < -0.4 is 10.5 Å². The van der Waals surface area contributed by atoms with Gasteiger partial charge < -0.3 is 10.5 Å². The maximum atomic E-state index is 11.3. The van der Waals surface area contributed by atoms with E-state index in [4.69, 9.17) is 10.5 Å². The number of hydrogen-bond acceptors (Lipinski definition) is 5. The van der Waals surface area contributed by atoms with Crippen molar-refractivity contribution in [3.8, 4) is 5.75 Å². The van der Waals surface area contributed by atoms with Crippen molar-refractivity contribution in [2.24, 2.45) is 0 Å². The lowest BCUT2D eigenvalue weighted by Gasteiger charge is -2.07. The Bertz CT molecular complexity index is 486. The normalized spacial score (nSPS) is 11.4. The molecule has 18 heavy (non-hydrogen) atoms. The number of nitrogen functional groups attached to an aromatic ring is 1. The van der Waals surface area contributed by atoms with Crippen LogP contribution in [0.15, 0.2) is 23.1 Å². The van der Waals surface area contributed by atoms with Gasteiger partial charge in [0.1, 0.15) is 15.6 Å². The Hall–Kier alpha value is -0.880. The highest BCUT2D eigenvalue weighted by atomic mass is 32.2. The van der Waals surface area contributed by atoms with Crippen LogP contribution in [0, 0.1) is 0 Å². The van der Waals surface area contributed by atoms with Gasteiger partial charge in [0.25, 0.3) is 0 Å². The molecule has 1 aromatic rings. The van der Waals surface area contributed by atoms with E-state index in [-0.39, 0.29) is 11.5 Å². The van der Waals surface area contributed by atoms with Crippen LogP contribution in [0.5, 0.6) is 5.75 Å². The van der Waals surface area contributed by atoms with Crippen LogP contribution >= 0.6 is 11.8 Å². The molecule has 0 saturated heterocycles. The summed E-state index contributed by atoms with van der Waals surface area (Å²) in [5.41, 5.74) is 6.54. The number of benzene rings is 1. The van der Waals surface area contributed by atoms with Crippen molar-refractivity contribution < 1.29 is 13.2 Å². The summed E-state index contributed by atoms with van der Waals surface area (Å²) in [5, 5.41) is 0. The number of rotatable bonds is 7. The molecular formula is C12H19NO3S2. The van der Waals surface area contributed by atoms with E-state index in [0.717, 1.165) is 16.4 Å². The molecule has 0 aliphatic carbocycles. The molecule has 0 radical (unpaired) electrons. The van der Waals surface area contributed by atoms with Gasteiger partial charge in [0.15, 0.2) is 0 Å². The minimum absolute atomic E-state index is 0.207. The van der Waals surface area contributed by atoms with Crippen LogP contribution in [0.3, 0.4) is 0 Å². The molecule has 0 unspecified atom stereocenters. The molecule has 0 spiro atoms. The van der Waals surface area contributed by atoms with E-state index in [0.29, 0.717) is 12.1 Å². The van der Waals surface area contributed by atoms with Gasteiger partial charge in [-0.15, -0.1) is 11.8 Å². The van der Waals surface area contributed by atoms with Gasteiger partial charge in [-0.2, -0.15) is 0 Å². The van der Waals surface area contributed by atoms with Crippen molar-refractivity contribution in [1.29, 1.82) is 0 Å². The summed E-state index contributed by atoms with van der Waals surface area (Å²) in [7, 11) is -1.26. The van der Waals surface area contributed by atoms with Gasteiger partial charge >= 0.3 is 0 Å². The van der Waals surface area contributed by atoms with Gasteiger partial charge in [-0.3, -0.25) is 0 Å². The second kappa shape index (κ2) is 6.89. The Morgan fingerprint density at radius 1 is 1.39 bits per heavy atom. The van der Waals surface area contributed by atoms with Gasteiger partial charge in [0.2, 0.25) is 0 Å². The number of anilines is 1. The summed E-state index contributed by atoms with van der Waals surface area (Å²) >= 11 is 1.56. The van der Waals surface area contributed by atoms with Gasteiger partial charge in [-0.05, 0) is 30.4 Å². The zero-order chi connectivity index (χ0) is 13.6. The van der Waals surface area contributed by atoms with E-state index in [1.165, 1.54) is 0 Å². The number of ether oxygens (including phenoxy) is 1. The first-order valence-electron chi connectivity index (χ1n) is 5.75. The maximum Gasteiger partial charge on any atom is 0.150 e. The van der Waals surface area contributed by atoms with E-state index in [1.54, 1.807) is 37.9 Å².